The second kappa shape index (κ2) is 15.4. The lowest BCUT2D eigenvalue weighted by molar-refractivity contribution is 0.186. The van der Waals surface area contributed by atoms with Gasteiger partial charge in [-0.2, -0.15) is 0 Å². The maximum atomic E-state index is 2.49. The SMILES string of the molecule is CC.CC.CCN(CC)C(C)C(C)C. The van der Waals surface area contributed by atoms with E-state index in [0.717, 1.165) is 12.0 Å². The summed E-state index contributed by atoms with van der Waals surface area (Å²) in [7, 11) is 0. The molecule has 0 rings (SSSR count). The first kappa shape index (κ1) is 19.5. The van der Waals surface area contributed by atoms with Crippen LogP contribution in [0.2, 0.25) is 0 Å². The van der Waals surface area contributed by atoms with E-state index in [1.54, 1.807) is 0 Å². The van der Waals surface area contributed by atoms with Gasteiger partial charge in [0.25, 0.3) is 0 Å². The number of hydrogen-bond donors (Lipinski definition) is 0. The Balaban J connectivity index is -0.000000266. The van der Waals surface area contributed by atoms with E-state index in [2.05, 4.69) is 39.5 Å². The zero-order valence-corrected chi connectivity index (χ0v) is 12.0. The van der Waals surface area contributed by atoms with Crippen molar-refractivity contribution in [3.05, 3.63) is 0 Å². The minimum Gasteiger partial charge on any atom is -0.301 e. The first-order valence-corrected chi connectivity index (χ1v) is 6.37. The normalized spacial score (nSPS) is 11.4. The van der Waals surface area contributed by atoms with Gasteiger partial charge in [-0.15, -0.1) is 0 Å². The number of nitrogens with zero attached hydrogens (tertiary/aromatic N) is 1. The molecule has 1 heteroatoms. The van der Waals surface area contributed by atoms with Crippen LogP contribution in [0.4, 0.5) is 0 Å². The molecule has 0 aliphatic rings. The average Bonchev–Trinajstić information content (AvgIpc) is 2.25. The van der Waals surface area contributed by atoms with E-state index >= 15 is 0 Å². The monoisotopic (exact) mass is 203 g/mol. The van der Waals surface area contributed by atoms with Crippen molar-refractivity contribution < 1.29 is 0 Å². The van der Waals surface area contributed by atoms with E-state index in [9.17, 15) is 0 Å². The topological polar surface area (TPSA) is 3.24 Å². The van der Waals surface area contributed by atoms with Crippen molar-refractivity contribution in [2.75, 3.05) is 13.1 Å². The molecule has 0 spiro atoms. The third-order valence-corrected chi connectivity index (χ3v) is 2.35. The minimum atomic E-state index is 0.731. The van der Waals surface area contributed by atoms with Gasteiger partial charge in [-0.25, -0.2) is 0 Å². The van der Waals surface area contributed by atoms with Crippen LogP contribution < -0.4 is 0 Å². The number of hydrogen-bond acceptors (Lipinski definition) is 1. The van der Waals surface area contributed by atoms with Gasteiger partial charge in [0, 0.05) is 6.04 Å². The van der Waals surface area contributed by atoms with Gasteiger partial charge in [0.1, 0.15) is 0 Å². The Bertz CT molecular complexity index is 75.3. The second-order valence-electron chi connectivity index (χ2n) is 3.21. The summed E-state index contributed by atoms with van der Waals surface area (Å²) in [5.74, 6) is 0.778. The quantitative estimate of drug-likeness (QED) is 0.653. The predicted molar refractivity (Wildman–Crippen MR) is 69.9 cm³/mol. The first-order valence-electron chi connectivity index (χ1n) is 6.37. The van der Waals surface area contributed by atoms with Crippen LogP contribution in [0.15, 0.2) is 0 Å². The van der Waals surface area contributed by atoms with Crippen LogP contribution in [0.1, 0.15) is 62.3 Å². The van der Waals surface area contributed by atoms with Crippen LogP contribution in [-0.2, 0) is 0 Å². The lowest BCUT2D eigenvalue weighted by Gasteiger charge is -2.29. The molecular weight excluding hydrogens is 170 g/mol. The number of rotatable bonds is 4. The van der Waals surface area contributed by atoms with Gasteiger partial charge in [0.2, 0.25) is 0 Å². The van der Waals surface area contributed by atoms with Crippen molar-refractivity contribution in [1.29, 1.82) is 0 Å². The molecule has 0 saturated heterocycles. The van der Waals surface area contributed by atoms with Crippen LogP contribution in [0.25, 0.3) is 0 Å². The van der Waals surface area contributed by atoms with E-state index < -0.39 is 0 Å². The average molecular weight is 203 g/mol. The van der Waals surface area contributed by atoms with Crippen LogP contribution in [0.3, 0.4) is 0 Å². The second-order valence-corrected chi connectivity index (χ2v) is 3.21. The zero-order chi connectivity index (χ0) is 12.1. The molecule has 0 heterocycles. The highest BCUT2D eigenvalue weighted by molar-refractivity contribution is 4.67. The van der Waals surface area contributed by atoms with Crippen molar-refractivity contribution in [2.24, 2.45) is 5.92 Å². The molecule has 0 aliphatic heterocycles. The Labute approximate surface area is 92.9 Å². The fraction of sp³-hybridized carbons (Fsp3) is 1.00. The molecule has 0 radical (unpaired) electrons. The molecule has 1 nitrogen and oxygen atoms in total. The van der Waals surface area contributed by atoms with Gasteiger partial charge in [0.05, 0.1) is 0 Å². The fourth-order valence-electron chi connectivity index (χ4n) is 1.22. The molecule has 0 saturated carbocycles. The molecule has 0 aromatic heterocycles. The zero-order valence-electron chi connectivity index (χ0n) is 12.0. The van der Waals surface area contributed by atoms with Crippen LogP contribution in [-0.4, -0.2) is 24.0 Å². The highest BCUT2D eigenvalue weighted by Crippen LogP contribution is 2.08. The fourth-order valence-corrected chi connectivity index (χ4v) is 1.22. The van der Waals surface area contributed by atoms with Gasteiger partial charge in [-0.3, -0.25) is 0 Å². The molecule has 14 heavy (non-hydrogen) atoms. The predicted octanol–water partition coefficient (Wildman–Crippen LogP) is 4.43. The Morgan fingerprint density at radius 1 is 0.786 bits per heavy atom. The molecule has 0 aromatic carbocycles. The van der Waals surface area contributed by atoms with Crippen molar-refractivity contribution >= 4 is 0 Å². The van der Waals surface area contributed by atoms with Gasteiger partial charge in [0.15, 0.2) is 0 Å². The molecule has 90 valence electrons. The first-order chi connectivity index (χ1) is 6.63. The van der Waals surface area contributed by atoms with Crippen molar-refractivity contribution in [1.82, 2.24) is 4.90 Å². The van der Waals surface area contributed by atoms with E-state index in [0.29, 0.717) is 0 Å². The summed E-state index contributed by atoms with van der Waals surface area (Å²) in [6.07, 6.45) is 0. The van der Waals surface area contributed by atoms with Gasteiger partial charge in [-0.05, 0) is 25.9 Å². The largest absolute Gasteiger partial charge is 0.301 e. The third-order valence-electron chi connectivity index (χ3n) is 2.35. The summed E-state index contributed by atoms with van der Waals surface area (Å²) < 4.78 is 0. The van der Waals surface area contributed by atoms with Gasteiger partial charge in [-0.1, -0.05) is 55.4 Å². The molecule has 0 fully saturated rings. The molecule has 0 amide bonds. The van der Waals surface area contributed by atoms with Crippen molar-refractivity contribution in [2.45, 2.75) is 68.4 Å². The standard InChI is InChI=1S/C9H21N.2C2H6/c1-6-10(7-2)9(5)8(3)4;2*1-2/h8-9H,6-7H2,1-5H3;2*1-2H3. The molecule has 1 atom stereocenters. The molecule has 0 aromatic rings. The molecular formula is C13H33N. The summed E-state index contributed by atoms with van der Waals surface area (Å²) in [5, 5.41) is 0. The minimum absolute atomic E-state index is 0.731. The lowest BCUT2D eigenvalue weighted by Crippen LogP contribution is -2.36. The summed E-state index contributed by atoms with van der Waals surface area (Å²) in [5.41, 5.74) is 0. The van der Waals surface area contributed by atoms with Crippen LogP contribution in [0, 0.1) is 5.92 Å². The lowest BCUT2D eigenvalue weighted by atomic mass is 10.1. The van der Waals surface area contributed by atoms with Crippen molar-refractivity contribution in [3.63, 3.8) is 0 Å². The Kier molecular flexibility index (Phi) is 21.5. The smallest absolute Gasteiger partial charge is 0.00896 e. The highest BCUT2D eigenvalue weighted by Gasteiger charge is 2.12. The van der Waals surface area contributed by atoms with Gasteiger partial charge >= 0.3 is 0 Å². The molecule has 0 bridgehead atoms. The summed E-state index contributed by atoms with van der Waals surface area (Å²) in [4.78, 5) is 2.49. The van der Waals surface area contributed by atoms with Gasteiger partial charge < -0.3 is 4.90 Å². The van der Waals surface area contributed by atoms with E-state index in [-0.39, 0.29) is 0 Å². The summed E-state index contributed by atoms with van der Waals surface area (Å²) >= 11 is 0. The molecule has 0 N–H and O–H groups in total. The van der Waals surface area contributed by atoms with Crippen LogP contribution >= 0.6 is 0 Å². The van der Waals surface area contributed by atoms with E-state index in [1.165, 1.54) is 13.1 Å². The Hall–Kier alpha value is -0.0400. The van der Waals surface area contributed by atoms with E-state index in [1.807, 2.05) is 27.7 Å². The summed E-state index contributed by atoms with van der Waals surface area (Å²) in [6, 6.07) is 0.731. The van der Waals surface area contributed by atoms with Crippen LogP contribution in [0.5, 0.6) is 0 Å². The maximum Gasteiger partial charge on any atom is 0.00896 e. The third kappa shape index (κ3) is 10.0. The summed E-state index contributed by atoms with van der Waals surface area (Å²) in [6.45, 7) is 21.7. The highest BCUT2D eigenvalue weighted by atomic mass is 15.1. The molecule has 1 unspecified atom stereocenters. The molecule has 0 aliphatic carbocycles. The Morgan fingerprint density at radius 2 is 1.07 bits per heavy atom. The Morgan fingerprint density at radius 3 is 1.14 bits per heavy atom. The van der Waals surface area contributed by atoms with E-state index in [4.69, 9.17) is 0 Å². The van der Waals surface area contributed by atoms with Crippen molar-refractivity contribution in [3.8, 4) is 0 Å². The maximum absolute atomic E-state index is 2.49.